The third-order valence-electron chi connectivity index (χ3n) is 2.14. The van der Waals surface area contributed by atoms with Crippen molar-refractivity contribution in [2.24, 2.45) is 0 Å². The summed E-state index contributed by atoms with van der Waals surface area (Å²) in [5.74, 6) is 1.20. The molecule has 2 nitrogen and oxygen atoms in total. The first kappa shape index (κ1) is 9.80. The summed E-state index contributed by atoms with van der Waals surface area (Å²) >= 11 is 4.96. The van der Waals surface area contributed by atoms with E-state index in [-0.39, 0.29) is 0 Å². The molecule has 4 heteroatoms. The Balaban J connectivity index is 2.76. The van der Waals surface area contributed by atoms with E-state index < -0.39 is 0 Å². The van der Waals surface area contributed by atoms with E-state index in [2.05, 4.69) is 15.9 Å². The lowest BCUT2D eigenvalue weighted by Crippen LogP contribution is -1.82. The topological polar surface area (TPSA) is 29.5 Å². The molecule has 74 valence electrons. The first-order chi connectivity index (χ1) is 6.77. The SMILES string of the molecule is COc1csc2c(CBr)c(O)ccc12. The molecule has 1 heterocycles. The number of halogens is 1. The second kappa shape index (κ2) is 3.79. The van der Waals surface area contributed by atoms with Crippen LogP contribution in [-0.2, 0) is 5.33 Å². The summed E-state index contributed by atoms with van der Waals surface area (Å²) < 4.78 is 6.30. The number of hydrogen-bond acceptors (Lipinski definition) is 3. The fourth-order valence-electron chi connectivity index (χ4n) is 1.41. The number of fused-ring (bicyclic) bond motifs is 1. The molecule has 0 fully saturated rings. The maximum Gasteiger partial charge on any atom is 0.137 e. The Kier molecular flexibility index (Phi) is 2.65. The van der Waals surface area contributed by atoms with Gasteiger partial charge in [0.05, 0.1) is 7.11 Å². The van der Waals surface area contributed by atoms with Crippen LogP contribution in [0.25, 0.3) is 10.1 Å². The average Bonchev–Trinajstić information content (AvgIpc) is 2.60. The quantitative estimate of drug-likeness (QED) is 0.848. The highest BCUT2D eigenvalue weighted by atomic mass is 79.9. The van der Waals surface area contributed by atoms with Gasteiger partial charge in [-0.25, -0.2) is 0 Å². The highest BCUT2D eigenvalue weighted by Gasteiger charge is 2.10. The van der Waals surface area contributed by atoms with Gasteiger partial charge in [0.15, 0.2) is 0 Å². The summed E-state index contributed by atoms with van der Waals surface area (Å²) in [5.41, 5.74) is 0.927. The molecule has 0 amide bonds. The standard InChI is InChI=1S/C10H9BrO2S/c1-13-9-5-14-10-6(9)2-3-8(12)7(10)4-11/h2-3,5,12H,4H2,1H3. The lowest BCUT2D eigenvalue weighted by atomic mass is 10.1. The maximum absolute atomic E-state index is 9.63. The van der Waals surface area contributed by atoms with Crippen LogP contribution in [0.3, 0.4) is 0 Å². The van der Waals surface area contributed by atoms with Crippen LogP contribution in [0.5, 0.6) is 11.5 Å². The van der Waals surface area contributed by atoms with Crippen LogP contribution < -0.4 is 4.74 Å². The summed E-state index contributed by atoms with van der Waals surface area (Å²) in [7, 11) is 1.65. The second-order valence-electron chi connectivity index (χ2n) is 2.88. The minimum atomic E-state index is 0.332. The molecule has 0 bridgehead atoms. The van der Waals surface area contributed by atoms with Crippen molar-refractivity contribution in [3.8, 4) is 11.5 Å². The van der Waals surface area contributed by atoms with E-state index in [1.807, 2.05) is 11.4 Å². The van der Waals surface area contributed by atoms with E-state index >= 15 is 0 Å². The van der Waals surface area contributed by atoms with Gasteiger partial charge in [-0.1, -0.05) is 15.9 Å². The number of alkyl halides is 1. The van der Waals surface area contributed by atoms with Crippen molar-refractivity contribution >= 4 is 37.4 Å². The highest BCUT2D eigenvalue weighted by Crippen LogP contribution is 2.38. The van der Waals surface area contributed by atoms with Gasteiger partial charge in [0.1, 0.15) is 11.5 Å². The fourth-order valence-corrected chi connectivity index (χ4v) is 3.23. The number of hydrogen-bond donors (Lipinski definition) is 1. The number of methoxy groups -OCH3 is 1. The van der Waals surface area contributed by atoms with Gasteiger partial charge in [-0.3, -0.25) is 0 Å². The number of ether oxygens (including phenoxy) is 1. The second-order valence-corrected chi connectivity index (χ2v) is 4.32. The van der Waals surface area contributed by atoms with Crippen molar-refractivity contribution in [3.05, 3.63) is 23.1 Å². The van der Waals surface area contributed by atoms with Crippen molar-refractivity contribution in [2.75, 3.05) is 7.11 Å². The van der Waals surface area contributed by atoms with Gasteiger partial charge in [-0.15, -0.1) is 11.3 Å². The molecule has 2 rings (SSSR count). The molecule has 0 aliphatic heterocycles. The molecule has 14 heavy (non-hydrogen) atoms. The van der Waals surface area contributed by atoms with Crippen LogP contribution in [0.1, 0.15) is 5.56 Å². The zero-order chi connectivity index (χ0) is 10.1. The molecule has 1 aromatic heterocycles. The van der Waals surface area contributed by atoms with Gasteiger partial charge in [-0.05, 0) is 12.1 Å². The first-order valence-corrected chi connectivity index (χ1v) is 6.10. The molecular weight excluding hydrogens is 264 g/mol. The van der Waals surface area contributed by atoms with Gasteiger partial charge in [0.25, 0.3) is 0 Å². The first-order valence-electron chi connectivity index (χ1n) is 4.10. The minimum absolute atomic E-state index is 0.332. The molecular formula is C10H9BrO2S. The number of phenolic OH excluding ortho intramolecular Hbond substituents is 1. The predicted molar refractivity (Wildman–Crippen MR) is 62.7 cm³/mol. The van der Waals surface area contributed by atoms with Gasteiger partial charge in [0.2, 0.25) is 0 Å². The molecule has 0 atom stereocenters. The Bertz CT molecular complexity index is 464. The fraction of sp³-hybridized carbons (Fsp3) is 0.200. The largest absolute Gasteiger partial charge is 0.508 e. The van der Waals surface area contributed by atoms with E-state index in [9.17, 15) is 5.11 Å². The van der Waals surface area contributed by atoms with Gasteiger partial charge in [0, 0.05) is 26.4 Å². The number of phenols is 1. The smallest absolute Gasteiger partial charge is 0.137 e. The number of aromatic hydroxyl groups is 1. The van der Waals surface area contributed by atoms with Crippen LogP contribution in [-0.4, -0.2) is 12.2 Å². The molecule has 0 radical (unpaired) electrons. The zero-order valence-corrected chi connectivity index (χ0v) is 9.98. The Morgan fingerprint density at radius 3 is 2.93 bits per heavy atom. The lowest BCUT2D eigenvalue weighted by Gasteiger charge is -2.02. The predicted octanol–water partition coefficient (Wildman–Crippen LogP) is 3.51. The number of rotatable bonds is 2. The molecule has 0 saturated heterocycles. The van der Waals surface area contributed by atoms with Crippen molar-refractivity contribution in [1.82, 2.24) is 0 Å². The molecule has 0 aliphatic carbocycles. The Hall–Kier alpha value is -0.740. The minimum Gasteiger partial charge on any atom is -0.508 e. The van der Waals surface area contributed by atoms with Gasteiger partial charge < -0.3 is 9.84 Å². The number of benzene rings is 1. The normalized spacial score (nSPS) is 10.7. The van der Waals surface area contributed by atoms with E-state index in [1.54, 1.807) is 24.5 Å². The van der Waals surface area contributed by atoms with Crippen LogP contribution in [0, 0.1) is 0 Å². The average molecular weight is 273 g/mol. The Morgan fingerprint density at radius 1 is 1.50 bits per heavy atom. The van der Waals surface area contributed by atoms with E-state index in [4.69, 9.17) is 4.74 Å². The van der Waals surface area contributed by atoms with Crippen LogP contribution in [0.2, 0.25) is 0 Å². The molecule has 1 N–H and O–H groups in total. The van der Waals surface area contributed by atoms with Crippen molar-refractivity contribution in [3.63, 3.8) is 0 Å². The Labute approximate surface area is 94.3 Å². The summed E-state index contributed by atoms with van der Waals surface area (Å²) in [6.07, 6.45) is 0. The highest BCUT2D eigenvalue weighted by molar-refractivity contribution is 9.08. The third kappa shape index (κ3) is 1.38. The van der Waals surface area contributed by atoms with Crippen LogP contribution in [0.4, 0.5) is 0 Å². The van der Waals surface area contributed by atoms with Crippen molar-refractivity contribution < 1.29 is 9.84 Å². The monoisotopic (exact) mass is 272 g/mol. The van der Waals surface area contributed by atoms with Crippen molar-refractivity contribution in [2.45, 2.75) is 5.33 Å². The summed E-state index contributed by atoms with van der Waals surface area (Å²) in [5, 5.41) is 13.3. The Morgan fingerprint density at radius 2 is 2.29 bits per heavy atom. The molecule has 0 spiro atoms. The van der Waals surface area contributed by atoms with Gasteiger partial charge in [-0.2, -0.15) is 0 Å². The molecule has 0 unspecified atom stereocenters. The zero-order valence-electron chi connectivity index (χ0n) is 7.58. The molecule has 0 saturated carbocycles. The van der Waals surface area contributed by atoms with E-state index in [0.717, 1.165) is 21.4 Å². The van der Waals surface area contributed by atoms with Crippen LogP contribution >= 0.6 is 27.3 Å². The van der Waals surface area contributed by atoms with E-state index in [1.165, 1.54) is 0 Å². The van der Waals surface area contributed by atoms with E-state index in [0.29, 0.717) is 11.1 Å². The molecule has 1 aromatic carbocycles. The number of thiophene rings is 1. The van der Waals surface area contributed by atoms with Crippen molar-refractivity contribution in [1.29, 1.82) is 0 Å². The lowest BCUT2D eigenvalue weighted by molar-refractivity contribution is 0.421. The third-order valence-corrected chi connectivity index (χ3v) is 3.73. The summed E-state index contributed by atoms with van der Waals surface area (Å²) in [6.45, 7) is 0. The summed E-state index contributed by atoms with van der Waals surface area (Å²) in [6, 6.07) is 3.58. The van der Waals surface area contributed by atoms with Gasteiger partial charge >= 0.3 is 0 Å². The maximum atomic E-state index is 9.63. The molecule has 0 aliphatic rings. The van der Waals surface area contributed by atoms with Crippen LogP contribution in [0.15, 0.2) is 17.5 Å². The molecule has 2 aromatic rings. The summed E-state index contributed by atoms with van der Waals surface area (Å²) in [4.78, 5) is 0.